The molecule has 0 saturated heterocycles. The van der Waals surface area contributed by atoms with Crippen molar-refractivity contribution in [2.75, 3.05) is 5.32 Å². The number of aromatic nitrogens is 1. The van der Waals surface area contributed by atoms with Crippen molar-refractivity contribution in [3.05, 3.63) is 51.6 Å². The van der Waals surface area contributed by atoms with E-state index in [4.69, 9.17) is 4.98 Å². The molecule has 0 radical (unpaired) electrons. The lowest BCUT2D eigenvalue weighted by Gasteiger charge is -2.22. The standard InChI is InChI=1S/C21H22BrN3OS/c1-3-19(20(26)24-17-7-5-16(22)6-8-17)27-21-15(12-23)11-14-10-13(2)4-9-18(14)25-21/h5-8,11,13,19H,3-4,9-10H2,1-2H3,(H,24,26). The van der Waals surface area contributed by atoms with Gasteiger partial charge in [0.05, 0.1) is 10.8 Å². The van der Waals surface area contributed by atoms with Gasteiger partial charge in [0.25, 0.3) is 0 Å². The fourth-order valence-electron chi connectivity index (χ4n) is 3.21. The third-order valence-corrected chi connectivity index (χ3v) is 6.64. The van der Waals surface area contributed by atoms with E-state index in [-0.39, 0.29) is 11.2 Å². The molecule has 1 aliphatic rings. The van der Waals surface area contributed by atoms with E-state index in [0.717, 1.165) is 35.1 Å². The monoisotopic (exact) mass is 443 g/mol. The second kappa shape index (κ2) is 8.90. The Kier molecular flexibility index (Phi) is 6.56. The lowest BCUT2D eigenvalue weighted by Crippen LogP contribution is -2.25. The van der Waals surface area contributed by atoms with E-state index in [1.165, 1.54) is 17.3 Å². The van der Waals surface area contributed by atoms with Crippen LogP contribution < -0.4 is 5.32 Å². The summed E-state index contributed by atoms with van der Waals surface area (Å²) < 4.78 is 0.966. The number of nitrogens with one attached hydrogen (secondary N) is 1. The van der Waals surface area contributed by atoms with E-state index in [9.17, 15) is 10.1 Å². The molecule has 1 aliphatic carbocycles. The Morgan fingerprint density at radius 3 is 2.85 bits per heavy atom. The van der Waals surface area contributed by atoms with Crippen molar-refractivity contribution in [2.24, 2.45) is 5.92 Å². The van der Waals surface area contributed by atoms with Gasteiger partial charge in [-0.3, -0.25) is 4.79 Å². The quantitative estimate of drug-likeness (QED) is 0.632. The normalized spacial score (nSPS) is 16.9. The van der Waals surface area contributed by atoms with Gasteiger partial charge in [0.2, 0.25) is 5.91 Å². The minimum absolute atomic E-state index is 0.0677. The van der Waals surface area contributed by atoms with Gasteiger partial charge >= 0.3 is 0 Å². The second-order valence-electron chi connectivity index (χ2n) is 6.92. The maximum atomic E-state index is 12.7. The summed E-state index contributed by atoms with van der Waals surface area (Å²) >= 11 is 4.78. The second-order valence-corrected chi connectivity index (χ2v) is 9.02. The fraction of sp³-hybridized carbons (Fsp3) is 0.381. The molecule has 6 heteroatoms. The van der Waals surface area contributed by atoms with Gasteiger partial charge in [-0.1, -0.05) is 41.5 Å². The molecule has 0 bridgehead atoms. The first kappa shape index (κ1) is 19.9. The van der Waals surface area contributed by atoms with Crippen molar-refractivity contribution in [2.45, 2.75) is 49.8 Å². The average Bonchev–Trinajstić information content (AvgIpc) is 2.67. The molecule has 1 aromatic heterocycles. The van der Waals surface area contributed by atoms with Gasteiger partial charge in [0.15, 0.2) is 0 Å². The minimum Gasteiger partial charge on any atom is -0.325 e. The van der Waals surface area contributed by atoms with Crippen LogP contribution in [0.5, 0.6) is 0 Å². The van der Waals surface area contributed by atoms with E-state index in [2.05, 4.69) is 34.2 Å². The molecule has 0 aliphatic heterocycles. The van der Waals surface area contributed by atoms with Crippen LogP contribution in [0.25, 0.3) is 0 Å². The van der Waals surface area contributed by atoms with E-state index < -0.39 is 0 Å². The number of carbonyl (C=O) groups excluding carboxylic acids is 1. The third kappa shape index (κ3) is 4.91. The van der Waals surface area contributed by atoms with Crippen LogP contribution in [0.2, 0.25) is 0 Å². The zero-order valence-corrected chi connectivity index (χ0v) is 17.9. The number of nitriles is 1. The molecule has 2 atom stereocenters. The molecular weight excluding hydrogens is 422 g/mol. The summed E-state index contributed by atoms with van der Waals surface area (Å²) in [5.41, 5.74) is 3.60. The lowest BCUT2D eigenvalue weighted by molar-refractivity contribution is -0.115. The minimum atomic E-state index is -0.297. The zero-order valence-electron chi connectivity index (χ0n) is 15.5. The Bertz CT molecular complexity index is 876. The van der Waals surface area contributed by atoms with Crippen molar-refractivity contribution in [1.82, 2.24) is 4.98 Å². The van der Waals surface area contributed by atoms with Gasteiger partial charge in [-0.25, -0.2) is 4.98 Å². The van der Waals surface area contributed by atoms with Crippen LogP contribution in [0.3, 0.4) is 0 Å². The van der Waals surface area contributed by atoms with Gasteiger partial charge in [-0.15, -0.1) is 0 Å². The number of thioether (sulfide) groups is 1. The molecule has 4 nitrogen and oxygen atoms in total. The summed E-state index contributed by atoms with van der Waals surface area (Å²) in [6.45, 7) is 4.21. The van der Waals surface area contributed by atoms with Gasteiger partial charge in [-0.05, 0) is 67.5 Å². The predicted molar refractivity (Wildman–Crippen MR) is 113 cm³/mol. The fourth-order valence-corrected chi connectivity index (χ4v) is 4.47. The number of benzene rings is 1. The molecule has 1 N–H and O–H groups in total. The number of halogens is 1. The number of amides is 1. The zero-order chi connectivity index (χ0) is 19.4. The third-order valence-electron chi connectivity index (χ3n) is 4.75. The molecule has 1 amide bonds. The number of anilines is 1. The summed E-state index contributed by atoms with van der Waals surface area (Å²) in [5, 5.41) is 12.9. The molecule has 3 rings (SSSR count). The molecule has 1 aromatic carbocycles. The van der Waals surface area contributed by atoms with E-state index >= 15 is 0 Å². The highest BCUT2D eigenvalue weighted by Crippen LogP contribution is 2.32. The first-order chi connectivity index (χ1) is 13.0. The molecule has 27 heavy (non-hydrogen) atoms. The Labute approximate surface area is 172 Å². The summed E-state index contributed by atoms with van der Waals surface area (Å²) in [4.78, 5) is 17.5. The highest BCUT2D eigenvalue weighted by Gasteiger charge is 2.24. The maximum Gasteiger partial charge on any atom is 0.237 e. The number of hydrogen-bond acceptors (Lipinski definition) is 4. The van der Waals surface area contributed by atoms with Crippen LogP contribution >= 0.6 is 27.7 Å². The molecule has 1 heterocycles. The predicted octanol–water partition coefficient (Wildman–Crippen LogP) is 5.35. The lowest BCUT2D eigenvalue weighted by atomic mass is 9.87. The molecule has 2 unspecified atom stereocenters. The van der Waals surface area contributed by atoms with Crippen LogP contribution in [0.15, 0.2) is 39.8 Å². The van der Waals surface area contributed by atoms with E-state index in [1.54, 1.807) is 0 Å². The van der Waals surface area contributed by atoms with Crippen molar-refractivity contribution in [3.63, 3.8) is 0 Å². The summed E-state index contributed by atoms with van der Waals surface area (Å²) in [6.07, 6.45) is 3.70. The maximum absolute atomic E-state index is 12.7. The van der Waals surface area contributed by atoms with Crippen LogP contribution in [0, 0.1) is 17.2 Å². The molecule has 2 aromatic rings. The van der Waals surface area contributed by atoms with E-state index in [1.807, 2.05) is 37.3 Å². The first-order valence-electron chi connectivity index (χ1n) is 9.16. The SMILES string of the molecule is CCC(Sc1nc2c(cc1C#N)CC(C)CC2)C(=O)Nc1ccc(Br)cc1. The topological polar surface area (TPSA) is 65.8 Å². The molecule has 140 valence electrons. The average molecular weight is 444 g/mol. The van der Waals surface area contributed by atoms with Crippen LogP contribution in [-0.2, 0) is 17.6 Å². The Balaban J connectivity index is 1.78. The Morgan fingerprint density at radius 2 is 2.19 bits per heavy atom. The number of rotatable bonds is 5. The molecule has 0 spiro atoms. The molecular formula is C21H22BrN3OS. The van der Waals surface area contributed by atoms with Gasteiger partial charge in [-0.2, -0.15) is 5.26 Å². The number of carbonyl (C=O) groups is 1. The van der Waals surface area contributed by atoms with Crippen molar-refractivity contribution in [1.29, 1.82) is 5.26 Å². The number of fused-ring (bicyclic) bond motifs is 1. The number of hydrogen-bond donors (Lipinski definition) is 1. The van der Waals surface area contributed by atoms with Crippen molar-refractivity contribution >= 4 is 39.3 Å². The first-order valence-corrected chi connectivity index (χ1v) is 10.8. The van der Waals surface area contributed by atoms with Gasteiger partial charge in [0, 0.05) is 15.9 Å². The van der Waals surface area contributed by atoms with E-state index in [0.29, 0.717) is 22.9 Å². The highest BCUT2D eigenvalue weighted by molar-refractivity contribution is 9.10. The molecule has 0 saturated carbocycles. The van der Waals surface area contributed by atoms with Crippen LogP contribution in [0.1, 0.15) is 43.5 Å². The number of aryl methyl sites for hydroxylation is 1. The highest BCUT2D eigenvalue weighted by atomic mass is 79.9. The summed E-state index contributed by atoms with van der Waals surface area (Å²) in [6, 6.07) is 11.7. The van der Waals surface area contributed by atoms with Gasteiger partial charge in [0.1, 0.15) is 11.1 Å². The summed E-state index contributed by atoms with van der Waals surface area (Å²) in [7, 11) is 0. The van der Waals surface area contributed by atoms with Crippen molar-refractivity contribution in [3.8, 4) is 6.07 Å². The van der Waals surface area contributed by atoms with Crippen molar-refractivity contribution < 1.29 is 4.79 Å². The number of pyridine rings is 1. The smallest absolute Gasteiger partial charge is 0.237 e. The largest absolute Gasteiger partial charge is 0.325 e. The Morgan fingerprint density at radius 1 is 1.44 bits per heavy atom. The van der Waals surface area contributed by atoms with Crippen LogP contribution in [-0.4, -0.2) is 16.1 Å². The number of nitrogens with zero attached hydrogens (tertiary/aromatic N) is 2. The summed E-state index contributed by atoms with van der Waals surface area (Å²) in [5.74, 6) is 0.561. The molecule has 0 fully saturated rings. The Hall–Kier alpha value is -1.84. The van der Waals surface area contributed by atoms with Crippen LogP contribution in [0.4, 0.5) is 5.69 Å². The van der Waals surface area contributed by atoms with Gasteiger partial charge < -0.3 is 5.32 Å².